The van der Waals surface area contributed by atoms with Crippen molar-refractivity contribution in [2.24, 2.45) is 0 Å². The van der Waals surface area contributed by atoms with E-state index in [4.69, 9.17) is 4.74 Å². The van der Waals surface area contributed by atoms with Crippen LogP contribution in [0.15, 0.2) is 60.0 Å². The Hall–Kier alpha value is -2.75. The highest BCUT2D eigenvalue weighted by Gasteiger charge is 2.23. The highest BCUT2D eigenvalue weighted by molar-refractivity contribution is 7.98. The molecule has 0 spiro atoms. The lowest BCUT2D eigenvalue weighted by Crippen LogP contribution is -2.43. The van der Waals surface area contributed by atoms with Crippen LogP contribution in [-0.4, -0.2) is 58.8 Å². The number of amides is 1. The maximum atomic E-state index is 13.4. The molecule has 1 aliphatic heterocycles. The first-order chi connectivity index (χ1) is 15.2. The number of benzene rings is 2. The van der Waals surface area contributed by atoms with Gasteiger partial charge in [0.1, 0.15) is 12.1 Å². The Balaban J connectivity index is 1.37. The Morgan fingerprint density at radius 1 is 1.16 bits per heavy atom. The van der Waals surface area contributed by atoms with Gasteiger partial charge in [-0.15, -0.1) is 0 Å². The van der Waals surface area contributed by atoms with Gasteiger partial charge in [0.25, 0.3) is 5.91 Å². The van der Waals surface area contributed by atoms with E-state index in [1.165, 1.54) is 18.5 Å². The summed E-state index contributed by atoms with van der Waals surface area (Å²) in [7, 11) is 0. The normalized spacial score (nSPS) is 15.5. The lowest BCUT2D eigenvalue weighted by Gasteiger charge is -2.35. The maximum Gasteiger partial charge on any atom is 0.251 e. The van der Waals surface area contributed by atoms with Crippen molar-refractivity contribution in [1.29, 1.82) is 0 Å². The Morgan fingerprint density at radius 3 is 2.58 bits per heavy atom. The molecule has 31 heavy (non-hydrogen) atoms. The van der Waals surface area contributed by atoms with Crippen molar-refractivity contribution in [1.82, 2.24) is 25.4 Å². The quantitative estimate of drug-likeness (QED) is 0.523. The van der Waals surface area contributed by atoms with Crippen molar-refractivity contribution < 1.29 is 13.9 Å². The number of rotatable bonds is 8. The van der Waals surface area contributed by atoms with E-state index in [-0.39, 0.29) is 17.8 Å². The summed E-state index contributed by atoms with van der Waals surface area (Å²) >= 11 is 1.55. The molecule has 0 bridgehead atoms. The molecule has 1 saturated heterocycles. The van der Waals surface area contributed by atoms with E-state index in [0.717, 1.165) is 35.1 Å². The smallest absolute Gasteiger partial charge is 0.251 e. The van der Waals surface area contributed by atoms with Crippen LogP contribution >= 0.6 is 11.8 Å². The van der Waals surface area contributed by atoms with E-state index >= 15 is 0 Å². The molecule has 2 N–H and O–H groups in total. The Bertz CT molecular complexity index is 961. The van der Waals surface area contributed by atoms with Crippen molar-refractivity contribution in [3.05, 3.63) is 77.4 Å². The highest BCUT2D eigenvalue weighted by atomic mass is 32.2. The van der Waals surface area contributed by atoms with Crippen LogP contribution in [0.3, 0.4) is 0 Å². The van der Waals surface area contributed by atoms with Gasteiger partial charge in [0, 0.05) is 31.0 Å². The molecule has 0 aliphatic carbocycles. The average molecular weight is 442 g/mol. The first kappa shape index (κ1) is 21.5. The molecular formula is C22H24FN5O2S. The van der Waals surface area contributed by atoms with Crippen molar-refractivity contribution in [2.75, 3.05) is 32.8 Å². The standard InChI is InChI=1S/C22H24FN5O2S/c23-19-7-5-17(6-8-19)20(28-9-11-30-12-10-28)13-24-21(29)18-3-1-16(2-4-18)14-31-22-25-15-26-27-22/h1-8,15,20H,9-14H2,(H,24,29)(H,25,26,27). The number of nitrogens with zero attached hydrogens (tertiary/aromatic N) is 3. The molecular weight excluding hydrogens is 417 g/mol. The van der Waals surface area contributed by atoms with Gasteiger partial charge in [-0.1, -0.05) is 36.0 Å². The minimum atomic E-state index is -0.268. The predicted octanol–water partition coefficient (Wildman–Crippen LogP) is 3.04. The molecule has 1 aromatic heterocycles. The summed E-state index contributed by atoms with van der Waals surface area (Å²) in [6, 6.07) is 14.0. The van der Waals surface area contributed by atoms with E-state index in [1.807, 2.05) is 24.3 Å². The number of H-pyrrole nitrogens is 1. The number of aromatic nitrogens is 3. The Kier molecular flexibility index (Phi) is 7.29. The lowest BCUT2D eigenvalue weighted by atomic mass is 10.0. The van der Waals surface area contributed by atoms with Gasteiger partial charge in [0.05, 0.1) is 19.3 Å². The summed E-state index contributed by atoms with van der Waals surface area (Å²) in [5, 5.41) is 10.4. The number of hydrogen-bond acceptors (Lipinski definition) is 6. The van der Waals surface area contributed by atoms with E-state index in [2.05, 4.69) is 25.4 Å². The molecule has 2 aromatic carbocycles. The van der Waals surface area contributed by atoms with Gasteiger partial charge in [-0.2, -0.15) is 5.10 Å². The van der Waals surface area contributed by atoms with Crippen LogP contribution in [0.25, 0.3) is 0 Å². The molecule has 3 aromatic rings. The third kappa shape index (κ3) is 5.90. The molecule has 1 amide bonds. The van der Waals surface area contributed by atoms with Crippen LogP contribution in [-0.2, 0) is 10.5 Å². The molecule has 1 aliphatic rings. The number of thioether (sulfide) groups is 1. The lowest BCUT2D eigenvalue weighted by molar-refractivity contribution is 0.0162. The molecule has 1 unspecified atom stereocenters. The number of nitrogens with one attached hydrogen (secondary N) is 2. The van der Waals surface area contributed by atoms with Gasteiger partial charge in [0.15, 0.2) is 5.16 Å². The zero-order chi connectivity index (χ0) is 21.5. The molecule has 0 saturated carbocycles. The SMILES string of the molecule is O=C(NCC(c1ccc(F)cc1)N1CCOCC1)c1ccc(CSc2ncn[nH]2)cc1. The van der Waals surface area contributed by atoms with Crippen molar-refractivity contribution in [3.8, 4) is 0 Å². The zero-order valence-electron chi connectivity index (χ0n) is 17.0. The number of carbonyl (C=O) groups excluding carboxylic acids is 1. The molecule has 162 valence electrons. The summed E-state index contributed by atoms with van der Waals surface area (Å²) in [6.07, 6.45) is 1.48. The molecule has 4 rings (SSSR count). The fourth-order valence-corrected chi connectivity index (χ4v) is 4.23. The van der Waals surface area contributed by atoms with Crippen LogP contribution in [0.2, 0.25) is 0 Å². The van der Waals surface area contributed by atoms with Crippen LogP contribution in [0, 0.1) is 5.82 Å². The number of carbonyl (C=O) groups is 1. The van der Waals surface area contributed by atoms with Gasteiger partial charge in [-0.25, -0.2) is 9.37 Å². The fraction of sp³-hybridized carbons (Fsp3) is 0.318. The number of aromatic amines is 1. The molecule has 9 heteroatoms. The monoisotopic (exact) mass is 441 g/mol. The van der Waals surface area contributed by atoms with Gasteiger partial charge in [0.2, 0.25) is 0 Å². The second kappa shape index (κ2) is 10.5. The summed E-state index contributed by atoms with van der Waals surface area (Å²) in [4.78, 5) is 19.1. The Morgan fingerprint density at radius 2 is 1.90 bits per heavy atom. The third-order valence-corrected chi connectivity index (χ3v) is 6.13. The second-order valence-corrected chi connectivity index (χ2v) is 8.17. The van der Waals surface area contributed by atoms with E-state index < -0.39 is 0 Å². The van der Waals surface area contributed by atoms with Gasteiger partial charge >= 0.3 is 0 Å². The molecule has 1 atom stereocenters. The first-order valence-electron chi connectivity index (χ1n) is 10.1. The van der Waals surface area contributed by atoms with Crippen LogP contribution in [0.4, 0.5) is 4.39 Å². The van der Waals surface area contributed by atoms with Crippen LogP contribution in [0.5, 0.6) is 0 Å². The van der Waals surface area contributed by atoms with Crippen LogP contribution < -0.4 is 5.32 Å². The van der Waals surface area contributed by atoms with Gasteiger partial charge in [-0.05, 0) is 35.4 Å². The summed E-state index contributed by atoms with van der Waals surface area (Å²) in [5.74, 6) is 0.339. The zero-order valence-corrected chi connectivity index (χ0v) is 17.8. The number of morpholine rings is 1. The minimum absolute atomic E-state index is 0.0361. The van der Waals surface area contributed by atoms with Gasteiger partial charge < -0.3 is 10.1 Å². The molecule has 2 heterocycles. The first-order valence-corrected chi connectivity index (χ1v) is 11.1. The summed E-state index contributed by atoms with van der Waals surface area (Å²) < 4.78 is 18.8. The highest BCUT2D eigenvalue weighted by Crippen LogP contribution is 2.22. The van der Waals surface area contributed by atoms with Crippen molar-refractivity contribution in [2.45, 2.75) is 17.0 Å². The molecule has 7 nitrogen and oxygen atoms in total. The third-order valence-electron chi connectivity index (χ3n) is 5.18. The largest absolute Gasteiger partial charge is 0.379 e. The van der Waals surface area contributed by atoms with Crippen LogP contribution in [0.1, 0.15) is 27.5 Å². The number of hydrogen-bond donors (Lipinski definition) is 2. The second-order valence-electron chi connectivity index (χ2n) is 7.20. The van der Waals surface area contributed by atoms with E-state index in [9.17, 15) is 9.18 Å². The summed E-state index contributed by atoms with van der Waals surface area (Å²) in [6.45, 7) is 3.29. The molecule has 1 fully saturated rings. The average Bonchev–Trinajstić information content (AvgIpc) is 3.34. The van der Waals surface area contributed by atoms with Gasteiger partial charge in [-0.3, -0.25) is 14.8 Å². The van der Waals surface area contributed by atoms with E-state index in [1.54, 1.807) is 23.9 Å². The minimum Gasteiger partial charge on any atom is -0.379 e. The molecule has 0 radical (unpaired) electrons. The number of ether oxygens (including phenoxy) is 1. The van der Waals surface area contributed by atoms with Crippen molar-refractivity contribution in [3.63, 3.8) is 0 Å². The van der Waals surface area contributed by atoms with E-state index in [0.29, 0.717) is 25.3 Å². The maximum absolute atomic E-state index is 13.4. The topological polar surface area (TPSA) is 83.1 Å². The Labute approximate surface area is 184 Å². The number of halogens is 1. The van der Waals surface area contributed by atoms with Crippen molar-refractivity contribution >= 4 is 17.7 Å². The summed E-state index contributed by atoms with van der Waals surface area (Å²) in [5.41, 5.74) is 2.67. The fourth-order valence-electron chi connectivity index (χ4n) is 3.49. The predicted molar refractivity (Wildman–Crippen MR) is 116 cm³/mol.